The average Bonchev–Trinajstić information content (AvgIpc) is 3.20. The Labute approximate surface area is 124 Å². The second-order valence-electron chi connectivity index (χ2n) is 4.91. The van der Waals surface area contributed by atoms with Gasteiger partial charge in [0.1, 0.15) is 10.3 Å². The molecule has 0 spiro atoms. The van der Waals surface area contributed by atoms with Gasteiger partial charge in [0.2, 0.25) is 5.01 Å². The van der Waals surface area contributed by atoms with Gasteiger partial charge in [-0.1, -0.05) is 53.8 Å². The van der Waals surface area contributed by atoms with Crippen molar-refractivity contribution in [1.82, 2.24) is 9.97 Å². The Morgan fingerprint density at radius 1 is 1.05 bits per heavy atom. The van der Waals surface area contributed by atoms with E-state index < -0.39 is 5.97 Å². The number of nitrogens with zero attached hydrogens (tertiary/aromatic N) is 2. The number of carbonyl (C=O) groups is 1. The lowest BCUT2D eigenvalue weighted by Gasteiger charge is -2.15. The van der Waals surface area contributed by atoms with Crippen LogP contribution in [0, 0.1) is 0 Å². The van der Waals surface area contributed by atoms with Crippen LogP contribution in [0.15, 0.2) is 54.6 Å². The molecule has 0 saturated heterocycles. The minimum Gasteiger partial charge on any atom is -0.476 e. The molecule has 3 aromatic rings. The van der Waals surface area contributed by atoms with Crippen molar-refractivity contribution in [3.8, 4) is 0 Å². The monoisotopic (exact) mass is 294 g/mol. The van der Waals surface area contributed by atoms with Gasteiger partial charge in [0.15, 0.2) is 0 Å². The molecule has 0 atom stereocenters. The Balaban J connectivity index is 1.82. The summed E-state index contributed by atoms with van der Waals surface area (Å²) in [5.74, 6) is -1.01. The Bertz CT molecular complexity index is 878. The summed E-state index contributed by atoms with van der Waals surface area (Å²) in [6, 6.07) is 13.9. The van der Waals surface area contributed by atoms with Gasteiger partial charge in [0, 0.05) is 0 Å². The maximum atomic E-state index is 11.0. The van der Waals surface area contributed by atoms with Crippen LogP contribution < -0.4 is 0 Å². The molecule has 0 bridgehead atoms. The van der Waals surface area contributed by atoms with Gasteiger partial charge in [-0.25, -0.2) is 14.8 Å². The third kappa shape index (κ3) is 1.86. The van der Waals surface area contributed by atoms with Gasteiger partial charge in [0.05, 0.1) is 11.1 Å². The fraction of sp³-hybridized carbons (Fsp3) is 0.0625. The van der Waals surface area contributed by atoms with E-state index in [0.717, 1.165) is 17.0 Å². The predicted molar refractivity (Wildman–Crippen MR) is 80.7 cm³/mol. The summed E-state index contributed by atoms with van der Waals surface area (Å²) < 4.78 is 0. The molecule has 1 aliphatic carbocycles. The Morgan fingerprint density at radius 2 is 1.81 bits per heavy atom. The third-order valence-electron chi connectivity index (χ3n) is 3.61. The molecule has 1 aromatic carbocycles. The Kier molecular flexibility index (Phi) is 2.46. The van der Waals surface area contributed by atoms with E-state index in [1.54, 1.807) is 0 Å². The van der Waals surface area contributed by atoms with Crippen LogP contribution in [0.3, 0.4) is 0 Å². The lowest BCUT2D eigenvalue weighted by atomic mass is 9.89. The van der Waals surface area contributed by atoms with E-state index in [1.165, 1.54) is 5.56 Å². The molecule has 2 aromatic heterocycles. The normalized spacial score (nSPS) is 15.2. The number of hydrogen-bond acceptors (Lipinski definition) is 4. The summed E-state index contributed by atoms with van der Waals surface area (Å²) in [5, 5.41) is 9.09. The highest BCUT2D eigenvalue weighted by molar-refractivity contribution is 7.19. The molecule has 0 radical (unpaired) electrons. The molecule has 21 heavy (non-hydrogen) atoms. The number of aromatic nitrogens is 2. The van der Waals surface area contributed by atoms with E-state index in [9.17, 15) is 4.79 Å². The molecule has 5 heteroatoms. The van der Waals surface area contributed by atoms with Crippen LogP contribution in [0.25, 0.3) is 10.3 Å². The molecule has 4 nitrogen and oxygen atoms in total. The van der Waals surface area contributed by atoms with Crippen molar-refractivity contribution >= 4 is 27.7 Å². The summed E-state index contributed by atoms with van der Waals surface area (Å²) in [6.07, 6.45) is 4.21. The van der Waals surface area contributed by atoms with E-state index in [4.69, 9.17) is 5.11 Å². The maximum absolute atomic E-state index is 11.0. The van der Waals surface area contributed by atoms with Crippen molar-refractivity contribution in [1.29, 1.82) is 0 Å². The molecule has 0 amide bonds. The quantitative estimate of drug-likeness (QED) is 0.753. The Hall–Kier alpha value is -2.53. The van der Waals surface area contributed by atoms with Crippen molar-refractivity contribution in [2.75, 3.05) is 0 Å². The number of hydrogen-bond donors (Lipinski definition) is 1. The second kappa shape index (κ2) is 4.23. The van der Waals surface area contributed by atoms with Crippen LogP contribution in [0.1, 0.15) is 21.1 Å². The van der Waals surface area contributed by atoms with Crippen LogP contribution in [0.5, 0.6) is 0 Å². The summed E-state index contributed by atoms with van der Waals surface area (Å²) >= 11 is 1.11. The number of allylic oxidation sites excluding steroid dienone is 2. The predicted octanol–water partition coefficient (Wildman–Crippen LogP) is 3.25. The summed E-state index contributed by atoms with van der Waals surface area (Å²) in [5.41, 5.74) is 2.45. The minimum atomic E-state index is -1.01. The van der Waals surface area contributed by atoms with E-state index in [-0.39, 0.29) is 10.4 Å². The van der Waals surface area contributed by atoms with Crippen LogP contribution in [-0.4, -0.2) is 21.0 Å². The van der Waals surface area contributed by atoms with Crippen molar-refractivity contribution in [2.24, 2.45) is 0 Å². The molecule has 1 N–H and O–H groups in total. The van der Waals surface area contributed by atoms with Gasteiger partial charge in [-0.3, -0.25) is 0 Å². The standard InChI is InChI=1S/C16H10N2O2S/c19-15(20)14-17-11-6-7-12(18-13(11)21-14)16(8-9-16)10-4-2-1-3-5-10/h1-9H,(H,19,20). The van der Waals surface area contributed by atoms with Crippen molar-refractivity contribution in [3.63, 3.8) is 0 Å². The van der Waals surface area contributed by atoms with Crippen LogP contribution in [-0.2, 0) is 5.41 Å². The zero-order valence-corrected chi connectivity index (χ0v) is 11.7. The third-order valence-corrected chi connectivity index (χ3v) is 4.57. The van der Waals surface area contributed by atoms with Crippen molar-refractivity contribution in [2.45, 2.75) is 5.41 Å². The van der Waals surface area contributed by atoms with Crippen LogP contribution in [0.2, 0.25) is 0 Å². The summed E-state index contributed by atoms with van der Waals surface area (Å²) in [6.45, 7) is 0. The highest BCUT2D eigenvalue weighted by Crippen LogP contribution is 2.44. The van der Waals surface area contributed by atoms with Crippen LogP contribution in [0.4, 0.5) is 0 Å². The lowest BCUT2D eigenvalue weighted by Crippen LogP contribution is -2.12. The highest BCUT2D eigenvalue weighted by Gasteiger charge is 2.39. The molecule has 2 heterocycles. The fourth-order valence-electron chi connectivity index (χ4n) is 2.45. The van der Waals surface area contributed by atoms with Crippen LogP contribution >= 0.6 is 11.3 Å². The molecule has 102 valence electrons. The number of pyridine rings is 1. The SMILES string of the molecule is O=C(O)c1nc2ccc(C3(c4ccccc4)C=C3)nc2s1. The molecule has 1 aliphatic rings. The molecule has 4 rings (SSSR count). The summed E-state index contributed by atoms with van der Waals surface area (Å²) in [4.78, 5) is 20.3. The number of carboxylic acids is 1. The number of benzene rings is 1. The molecule has 0 saturated carbocycles. The van der Waals surface area contributed by atoms with Gasteiger partial charge in [-0.05, 0) is 17.7 Å². The summed E-state index contributed by atoms with van der Waals surface area (Å²) in [7, 11) is 0. The number of carboxylic acid groups (broad SMARTS) is 1. The zero-order valence-electron chi connectivity index (χ0n) is 10.9. The smallest absolute Gasteiger partial charge is 0.365 e. The number of thiazole rings is 1. The van der Waals surface area contributed by atoms with Crippen molar-refractivity contribution in [3.05, 3.63) is 70.9 Å². The molecular weight excluding hydrogens is 284 g/mol. The number of fused-ring (bicyclic) bond motifs is 1. The molecule has 0 aliphatic heterocycles. The lowest BCUT2D eigenvalue weighted by molar-refractivity contribution is 0.0696. The minimum absolute atomic E-state index is 0.0761. The first-order valence-electron chi connectivity index (χ1n) is 6.46. The van der Waals surface area contributed by atoms with E-state index in [1.807, 2.05) is 30.3 Å². The van der Waals surface area contributed by atoms with Gasteiger partial charge in [-0.15, -0.1) is 0 Å². The van der Waals surface area contributed by atoms with Gasteiger partial charge >= 0.3 is 5.97 Å². The second-order valence-corrected chi connectivity index (χ2v) is 5.89. The largest absolute Gasteiger partial charge is 0.476 e. The highest BCUT2D eigenvalue weighted by atomic mass is 32.1. The maximum Gasteiger partial charge on any atom is 0.365 e. The zero-order chi connectivity index (χ0) is 14.4. The topological polar surface area (TPSA) is 63.1 Å². The number of rotatable bonds is 3. The Morgan fingerprint density at radius 3 is 2.48 bits per heavy atom. The fourth-order valence-corrected chi connectivity index (χ4v) is 3.22. The molecular formula is C16H10N2O2S. The van der Waals surface area contributed by atoms with Gasteiger partial charge in [-0.2, -0.15) is 0 Å². The van der Waals surface area contributed by atoms with Gasteiger partial charge < -0.3 is 5.11 Å². The van der Waals surface area contributed by atoms with Crippen molar-refractivity contribution < 1.29 is 9.90 Å². The first-order valence-corrected chi connectivity index (χ1v) is 7.28. The van der Waals surface area contributed by atoms with E-state index >= 15 is 0 Å². The van der Waals surface area contributed by atoms with E-state index in [2.05, 4.69) is 34.3 Å². The van der Waals surface area contributed by atoms with E-state index in [0.29, 0.717) is 10.3 Å². The van der Waals surface area contributed by atoms with Gasteiger partial charge in [0.25, 0.3) is 0 Å². The first-order chi connectivity index (χ1) is 10.2. The average molecular weight is 294 g/mol. The molecule has 0 fully saturated rings. The number of aromatic carboxylic acids is 1. The molecule has 0 unspecified atom stereocenters. The first kappa shape index (κ1) is 12.2.